The molecule has 186 valence electrons. The van der Waals surface area contributed by atoms with Gasteiger partial charge in [0.2, 0.25) is 0 Å². The molecule has 2 aromatic carbocycles. The van der Waals surface area contributed by atoms with E-state index >= 15 is 0 Å². The van der Waals surface area contributed by atoms with Crippen LogP contribution in [0.4, 0.5) is 0 Å². The number of allylic oxidation sites excluding steroid dienone is 1. The molecular weight excluding hydrogens is 476 g/mol. The molecule has 0 radical (unpaired) electrons. The van der Waals surface area contributed by atoms with Gasteiger partial charge in [0.15, 0.2) is 4.80 Å². The van der Waals surface area contributed by atoms with Crippen molar-refractivity contribution >= 4 is 29.4 Å². The third-order valence-corrected chi connectivity index (χ3v) is 6.96. The quantitative estimate of drug-likeness (QED) is 0.400. The molecule has 3 aromatic rings. The van der Waals surface area contributed by atoms with Crippen molar-refractivity contribution in [2.45, 2.75) is 46.1 Å². The number of hydrogen-bond donors (Lipinski definition) is 0. The van der Waals surface area contributed by atoms with E-state index in [1.54, 1.807) is 37.3 Å². The first-order valence-corrected chi connectivity index (χ1v) is 12.3. The van der Waals surface area contributed by atoms with E-state index in [2.05, 4.69) is 25.8 Å². The van der Waals surface area contributed by atoms with Gasteiger partial charge >= 0.3 is 11.9 Å². The Bertz CT molecular complexity index is 1550. The summed E-state index contributed by atoms with van der Waals surface area (Å²) in [5.74, 6) is -0.624. The fourth-order valence-corrected chi connectivity index (χ4v) is 5.20. The van der Waals surface area contributed by atoms with E-state index in [0.29, 0.717) is 31.9 Å². The number of nitrogens with zero attached hydrogens (tertiary/aromatic N) is 2. The average molecular weight is 505 g/mol. The van der Waals surface area contributed by atoms with E-state index in [1.165, 1.54) is 29.9 Å². The molecule has 0 N–H and O–H groups in total. The van der Waals surface area contributed by atoms with Gasteiger partial charge in [-0.2, -0.15) is 0 Å². The summed E-state index contributed by atoms with van der Waals surface area (Å²) in [6, 6.07) is 14.2. The molecule has 8 heteroatoms. The van der Waals surface area contributed by atoms with Gasteiger partial charge in [0, 0.05) is 12.5 Å². The van der Waals surface area contributed by atoms with Crippen LogP contribution in [0.3, 0.4) is 0 Å². The van der Waals surface area contributed by atoms with Gasteiger partial charge in [-0.25, -0.2) is 9.79 Å². The molecule has 0 aliphatic carbocycles. The minimum Gasteiger partial charge on any atom is -0.466 e. The van der Waals surface area contributed by atoms with Crippen molar-refractivity contribution in [1.29, 1.82) is 0 Å². The maximum atomic E-state index is 13.7. The molecule has 1 atom stereocenters. The van der Waals surface area contributed by atoms with Crippen LogP contribution in [0.2, 0.25) is 0 Å². The lowest BCUT2D eigenvalue weighted by atomic mass is 9.85. The minimum absolute atomic E-state index is 0.0425. The van der Waals surface area contributed by atoms with E-state index in [-0.39, 0.29) is 11.0 Å². The van der Waals surface area contributed by atoms with Gasteiger partial charge in [0.25, 0.3) is 5.56 Å². The van der Waals surface area contributed by atoms with Crippen molar-refractivity contribution in [3.8, 4) is 5.75 Å². The summed E-state index contributed by atoms with van der Waals surface area (Å²) in [6.07, 6.45) is 1.68. The van der Waals surface area contributed by atoms with Gasteiger partial charge in [0.05, 0.1) is 29.0 Å². The third kappa shape index (κ3) is 4.81. The summed E-state index contributed by atoms with van der Waals surface area (Å²) in [4.78, 5) is 43.2. The molecule has 7 nitrogen and oxygen atoms in total. The number of para-hydroxylation sites is 1. The highest BCUT2D eigenvalue weighted by Gasteiger charge is 2.33. The van der Waals surface area contributed by atoms with Crippen LogP contribution >= 0.6 is 11.3 Å². The lowest BCUT2D eigenvalue weighted by Crippen LogP contribution is -2.39. The van der Waals surface area contributed by atoms with E-state index in [0.717, 1.165) is 11.1 Å². The topological polar surface area (TPSA) is 87.0 Å². The van der Waals surface area contributed by atoms with Crippen LogP contribution in [0, 0.1) is 0 Å². The number of hydrogen-bond acceptors (Lipinski definition) is 7. The van der Waals surface area contributed by atoms with Crippen LogP contribution in [0.15, 0.2) is 69.6 Å². The lowest BCUT2D eigenvalue weighted by molar-refractivity contribution is -0.136. The number of carbonyl (C=O) groups is 2. The van der Waals surface area contributed by atoms with E-state index in [4.69, 9.17) is 9.47 Å². The summed E-state index contributed by atoms with van der Waals surface area (Å²) in [7, 11) is 1.32. The van der Waals surface area contributed by atoms with E-state index in [1.807, 2.05) is 24.3 Å². The van der Waals surface area contributed by atoms with Crippen molar-refractivity contribution in [3.05, 3.63) is 96.2 Å². The molecule has 1 aliphatic rings. The molecule has 0 saturated heterocycles. The number of esters is 2. The van der Waals surface area contributed by atoms with Crippen LogP contribution in [0.1, 0.15) is 57.4 Å². The van der Waals surface area contributed by atoms with Crippen LogP contribution in [0.25, 0.3) is 6.08 Å². The average Bonchev–Trinajstić information content (AvgIpc) is 3.12. The number of methoxy groups -OCH3 is 1. The van der Waals surface area contributed by atoms with Gasteiger partial charge in [-0.15, -0.1) is 0 Å². The highest BCUT2D eigenvalue weighted by molar-refractivity contribution is 7.07. The van der Waals surface area contributed by atoms with Crippen molar-refractivity contribution < 1.29 is 19.1 Å². The number of aromatic nitrogens is 1. The molecule has 1 aliphatic heterocycles. The maximum Gasteiger partial charge on any atom is 0.338 e. The van der Waals surface area contributed by atoms with Gasteiger partial charge in [0.1, 0.15) is 5.75 Å². The molecule has 36 heavy (non-hydrogen) atoms. The van der Waals surface area contributed by atoms with Crippen molar-refractivity contribution in [1.82, 2.24) is 4.57 Å². The fraction of sp³-hybridized carbons (Fsp3) is 0.286. The van der Waals surface area contributed by atoms with Gasteiger partial charge < -0.3 is 9.47 Å². The smallest absolute Gasteiger partial charge is 0.338 e. The fourth-order valence-electron chi connectivity index (χ4n) is 4.16. The van der Waals surface area contributed by atoms with Crippen LogP contribution in [0.5, 0.6) is 5.75 Å². The number of thiazole rings is 1. The number of carbonyl (C=O) groups excluding carboxylic acids is 2. The Morgan fingerprint density at radius 2 is 1.75 bits per heavy atom. The van der Waals surface area contributed by atoms with Gasteiger partial charge in [-0.05, 0) is 35.6 Å². The largest absolute Gasteiger partial charge is 0.466 e. The molecule has 0 bridgehead atoms. The summed E-state index contributed by atoms with van der Waals surface area (Å²) >= 11 is 1.22. The standard InChI is InChI=1S/C28H28N2O5S/c1-16-23(26(33)34-6)24(18-11-13-20(14-12-18)28(3,4)5)30-25(32)22(36-27(30)29-16)15-19-9-7-8-10-21(19)35-17(2)31/h7-15,24H,1-6H3/b22-15+/t24-/m0/s1. The Morgan fingerprint density at radius 3 is 2.36 bits per heavy atom. The monoisotopic (exact) mass is 504 g/mol. The molecular formula is C28H28N2O5S. The minimum atomic E-state index is -0.686. The zero-order valence-electron chi connectivity index (χ0n) is 21.1. The molecule has 0 saturated carbocycles. The Labute approximate surface area is 213 Å². The summed E-state index contributed by atoms with van der Waals surface area (Å²) in [5, 5.41) is 0. The molecule has 0 unspecified atom stereocenters. The normalized spacial score (nSPS) is 15.8. The van der Waals surface area contributed by atoms with Crippen LogP contribution in [-0.4, -0.2) is 23.6 Å². The van der Waals surface area contributed by atoms with Gasteiger partial charge in [-0.3, -0.25) is 14.2 Å². The van der Waals surface area contributed by atoms with Gasteiger partial charge in [-0.1, -0.05) is 74.6 Å². The Balaban J connectivity index is 1.93. The van der Waals surface area contributed by atoms with Crippen LogP contribution in [-0.2, 0) is 19.7 Å². The summed E-state index contributed by atoms with van der Waals surface area (Å²) in [5.41, 5.74) is 2.99. The molecule has 0 spiro atoms. The lowest BCUT2D eigenvalue weighted by Gasteiger charge is -2.25. The highest BCUT2D eigenvalue weighted by Crippen LogP contribution is 2.32. The number of benzene rings is 2. The predicted molar refractivity (Wildman–Crippen MR) is 139 cm³/mol. The predicted octanol–water partition coefficient (Wildman–Crippen LogP) is 3.63. The Morgan fingerprint density at radius 1 is 1.08 bits per heavy atom. The van der Waals surface area contributed by atoms with Crippen molar-refractivity contribution in [2.75, 3.05) is 7.11 Å². The van der Waals surface area contributed by atoms with Crippen molar-refractivity contribution in [2.24, 2.45) is 4.99 Å². The zero-order chi connectivity index (χ0) is 26.2. The number of ether oxygens (including phenoxy) is 2. The Hall–Kier alpha value is -3.78. The Kier molecular flexibility index (Phi) is 6.82. The maximum absolute atomic E-state index is 13.7. The molecule has 0 amide bonds. The number of fused-ring (bicyclic) bond motifs is 1. The second kappa shape index (κ2) is 9.70. The SMILES string of the molecule is COC(=O)C1=C(C)N=c2s/c(=C/c3ccccc3OC(C)=O)c(=O)n2[C@H]1c1ccc(C(C)(C)C)cc1. The van der Waals surface area contributed by atoms with E-state index in [9.17, 15) is 14.4 Å². The molecule has 1 aromatic heterocycles. The van der Waals surface area contributed by atoms with Crippen molar-refractivity contribution in [3.63, 3.8) is 0 Å². The first-order valence-electron chi connectivity index (χ1n) is 11.5. The van der Waals surface area contributed by atoms with E-state index < -0.39 is 18.0 Å². The van der Waals surface area contributed by atoms with Crippen LogP contribution < -0.4 is 19.6 Å². The summed E-state index contributed by atoms with van der Waals surface area (Å²) in [6.45, 7) is 9.45. The number of rotatable bonds is 4. The molecule has 4 rings (SSSR count). The molecule has 2 heterocycles. The second-order valence-corrected chi connectivity index (χ2v) is 10.6. The highest BCUT2D eigenvalue weighted by atomic mass is 32.1. The second-order valence-electron chi connectivity index (χ2n) is 9.58. The molecule has 0 fully saturated rings. The first-order chi connectivity index (χ1) is 17.0. The summed E-state index contributed by atoms with van der Waals surface area (Å²) < 4.78 is 12.3. The third-order valence-electron chi connectivity index (χ3n) is 5.98. The zero-order valence-corrected chi connectivity index (χ0v) is 21.9. The first kappa shape index (κ1) is 25.3.